The fraction of sp³-hybridized carbons (Fsp3) is 0.176. The van der Waals surface area contributed by atoms with E-state index in [1.807, 2.05) is 30.3 Å². The van der Waals surface area contributed by atoms with E-state index in [1.54, 1.807) is 12.1 Å². The van der Waals surface area contributed by atoms with Crippen LogP contribution in [0.3, 0.4) is 0 Å². The van der Waals surface area contributed by atoms with E-state index in [4.69, 9.17) is 9.15 Å². The van der Waals surface area contributed by atoms with Crippen molar-refractivity contribution in [1.82, 2.24) is 0 Å². The van der Waals surface area contributed by atoms with Gasteiger partial charge in [0.05, 0.1) is 11.8 Å². The summed E-state index contributed by atoms with van der Waals surface area (Å²) in [4.78, 5) is 22.6. The number of hydrogen-bond donors (Lipinski definition) is 0. The normalized spacial score (nSPS) is 18.7. The van der Waals surface area contributed by atoms with Gasteiger partial charge in [-0.25, -0.2) is 4.79 Å². The number of rotatable bonds is 3. The van der Waals surface area contributed by atoms with Crippen LogP contribution in [-0.2, 0) is 20.9 Å². The van der Waals surface area contributed by atoms with Gasteiger partial charge in [0.1, 0.15) is 24.4 Å². The molecule has 4 nitrogen and oxygen atoms in total. The van der Waals surface area contributed by atoms with Gasteiger partial charge in [-0.2, -0.15) is 0 Å². The summed E-state index contributed by atoms with van der Waals surface area (Å²) >= 11 is 0. The zero-order valence-electron chi connectivity index (χ0n) is 11.1. The van der Waals surface area contributed by atoms with Crippen LogP contribution in [-0.4, -0.2) is 12.3 Å². The topological polar surface area (TPSA) is 56.5 Å². The van der Waals surface area contributed by atoms with Crippen LogP contribution in [0, 0.1) is 11.8 Å². The number of benzene rings is 1. The molecule has 1 aromatic heterocycles. The molecule has 0 radical (unpaired) electrons. The van der Waals surface area contributed by atoms with E-state index >= 15 is 0 Å². The third-order valence-electron chi connectivity index (χ3n) is 3.33. The number of esters is 1. The van der Waals surface area contributed by atoms with Crippen LogP contribution < -0.4 is 0 Å². The van der Waals surface area contributed by atoms with E-state index < -0.39 is 11.9 Å². The van der Waals surface area contributed by atoms with Crippen LogP contribution in [0.25, 0.3) is 0 Å². The maximum absolute atomic E-state index is 11.6. The maximum atomic E-state index is 11.6. The summed E-state index contributed by atoms with van der Waals surface area (Å²) in [5.74, 6) is 4.99. The van der Waals surface area contributed by atoms with Gasteiger partial charge in [-0.1, -0.05) is 36.3 Å². The van der Waals surface area contributed by atoms with Gasteiger partial charge < -0.3 is 13.9 Å². The Kier molecular flexibility index (Phi) is 3.57. The van der Waals surface area contributed by atoms with E-state index in [9.17, 15) is 9.59 Å². The van der Waals surface area contributed by atoms with E-state index in [1.165, 1.54) is 0 Å². The third kappa shape index (κ3) is 2.72. The molecule has 0 aliphatic carbocycles. The van der Waals surface area contributed by atoms with Gasteiger partial charge >= 0.3 is 5.97 Å². The SMILES string of the molecule is O=CC1c2ccc(o2)C1C#CC(=O)OCc1ccccc1. The van der Waals surface area contributed by atoms with Crippen LogP contribution in [0.1, 0.15) is 28.9 Å². The summed E-state index contributed by atoms with van der Waals surface area (Å²) in [6, 6.07) is 12.9. The second-order valence-corrected chi connectivity index (χ2v) is 4.71. The Morgan fingerprint density at radius 2 is 1.95 bits per heavy atom. The number of carbonyl (C=O) groups excluding carboxylic acids is 2. The Bertz CT molecular complexity index is 718. The van der Waals surface area contributed by atoms with Gasteiger partial charge in [-0.05, 0) is 17.7 Å². The van der Waals surface area contributed by atoms with Crippen LogP contribution in [0.5, 0.6) is 0 Å². The molecule has 1 aromatic carbocycles. The summed E-state index contributed by atoms with van der Waals surface area (Å²) in [6.45, 7) is 0.181. The second kappa shape index (κ2) is 5.68. The molecule has 0 saturated heterocycles. The molecule has 1 aliphatic rings. The first kappa shape index (κ1) is 13.2. The molecule has 3 rings (SSSR count). The van der Waals surface area contributed by atoms with E-state index in [2.05, 4.69) is 11.8 Å². The lowest BCUT2D eigenvalue weighted by Crippen LogP contribution is -2.08. The second-order valence-electron chi connectivity index (χ2n) is 4.71. The van der Waals surface area contributed by atoms with Crippen LogP contribution in [0.2, 0.25) is 0 Å². The van der Waals surface area contributed by atoms with Crippen molar-refractivity contribution in [1.29, 1.82) is 0 Å². The molecule has 0 amide bonds. The minimum absolute atomic E-state index is 0.181. The zero-order chi connectivity index (χ0) is 14.7. The predicted molar refractivity (Wildman–Crippen MR) is 74.3 cm³/mol. The number of aldehydes is 1. The number of ether oxygens (including phenoxy) is 1. The van der Waals surface area contributed by atoms with Crippen molar-refractivity contribution in [2.24, 2.45) is 0 Å². The molecule has 4 heteroatoms. The van der Waals surface area contributed by atoms with E-state index in [-0.39, 0.29) is 12.5 Å². The fourth-order valence-electron chi connectivity index (χ4n) is 2.26. The summed E-state index contributed by atoms with van der Waals surface area (Å²) < 4.78 is 10.4. The molecular formula is C17H12O4. The lowest BCUT2D eigenvalue weighted by molar-refractivity contribution is -0.137. The highest BCUT2D eigenvalue weighted by Gasteiger charge is 2.34. The first-order valence-corrected chi connectivity index (χ1v) is 6.55. The molecule has 2 heterocycles. The van der Waals surface area contributed by atoms with E-state index in [0.29, 0.717) is 11.5 Å². The van der Waals surface area contributed by atoms with Crippen LogP contribution >= 0.6 is 0 Å². The van der Waals surface area contributed by atoms with Gasteiger partial charge in [-0.15, -0.1) is 0 Å². The minimum Gasteiger partial charge on any atom is -0.464 e. The predicted octanol–water partition coefficient (Wildman–Crippen LogP) is 2.41. The van der Waals surface area contributed by atoms with Crippen LogP contribution in [0.4, 0.5) is 0 Å². The summed E-state index contributed by atoms with van der Waals surface area (Å²) in [6.07, 6.45) is 0.792. The third-order valence-corrected chi connectivity index (χ3v) is 3.33. The molecule has 1 aliphatic heterocycles. The maximum Gasteiger partial charge on any atom is 0.384 e. The number of fused-ring (bicyclic) bond motifs is 2. The smallest absolute Gasteiger partial charge is 0.384 e. The van der Waals surface area contributed by atoms with Gasteiger partial charge in [0.25, 0.3) is 0 Å². The van der Waals surface area contributed by atoms with Crippen molar-refractivity contribution in [3.8, 4) is 11.8 Å². The Hall–Kier alpha value is -2.80. The molecule has 0 N–H and O–H groups in total. The monoisotopic (exact) mass is 280 g/mol. The molecule has 0 saturated carbocycles. The zero-order valence-corrected chi connectivity index (χ0v) is 11.1. The molecule has 2 bridgehead atoms. The Morgan fingerprint density at radius 3 is 2.71 bits per heavy atom. The van der Waals surface area contributed by atoms with Gasteiger partial charge in [0.2, 0.25) is 0 Å². The minimum atomic E-state index is -0.610. The number of furan rings is 1. The molecule has 104 valence electrons. The van der Waals surface area contributed by atoms with Gasteiger partial charge in [0.15, 0.2) is 0 Å². The molecule has 0 spiro atoms. The fourth-order valence-corrected chi connectivity index (χ4v) is 2.26. The highest BCUT2D eigenvalue weighted by molar-refractivity contribution is 5.88. The van der Waals surface area contributed by atoms with Crippen molar-refractivity contribution in [2.45, 2.75) is 18.4 Å². The van der Waals surface area contributed by atoms with Crippen molar-refractivity contribution in [3.63, 3.8) is 0 Å². The lowest BCUT2D eigenvalue weighted by atomic mass is 9.89. The Labute approximate surface area is 121 Å². The molecule has 2 unspecified atom stereocenters. The van der Waals surface area contributed by atoms with Gasteiger partial charge in [0, 0.05) is 5.92 Å². The van der Waals surface area contributed by atoms with E-state index in [0.717, 1.165) is 11.8 Å². The number of carbonyl (C=O) groups is 2. The average Bonchev–Trinajstić information content (AvgIpc) is 3.12. The molecule has 2 aromatic rings. The summed E-state index contributed by atoms with van der Waals surface area (Å²) in [5.41, 5.74) is 0.898. The highest BCUT2D eigenvalue weighted by atomic mass is 16.5. The summed E-state index contributed by atoms with van der Waals surface area (Å²) in [5, 5.41) is 0. The lowest BCUT2D eigenvalue weighted by Gasteiger charge is -2.07. The Morgan fingerprint density at radius 1 is 1.19 bits per heavy atom. The van der Waals surface area contributed by atoms with Crippen molar-refractivity contribution in [3.05, 3.63) is 59.5 Å². The van der Waals surface area contributed by atoms with Crippen molar-refractivity contribution < 1.29 is 18.7 Å². The standard InChI is InChI=1S/C17H12O4/c18-10-14-13(15-7-8-16(14)21-15)6-9-17(19)20-11-12-4-2-1-3-5-12/h1-5,7-8,10,13-14H,11H2. The molecule has 0 fully saturated rings. The number of hydrogen-bond acceptors (Lipinski definition) is 4. The quantitative estimate of drug-likeness (QED) is 0.375. The first-order chi connectivity index (χ1) is 10.3. The largest absolute Gasteiger partial charge is 0.464 e. The first-order valence-electron chi connectivity index (χ1n) is 6.55. The summed E-state index contributed by atoms with van der Waals surface area (Å²) in [7, 11) is 0. The molecular weight excluding hydrogens is 268 g/mol. The molecule has 21 heavy (non-hydrogen) atoms. The van der Waals surface area contributed by atoms with Crippen molar-refractivity contribution >= 4 is 12.3 Å². The van der Waals surface area contributed by atoms with Crippen molar-refractivity contribution in [2.75, 3.05) is 0 Å². The highest BCUT2D eigenvalue weighted by Crippen LogP contribution is 2.40. The Balaban J connectivity index is 1.61. The molecule has 2 atom stereocenters. The average molecular weight is 280 g/mol. The van der Waals surface area contributed by atoms with Crippen LogP contribution in [0.15, 0.2) is 46.9 Å². The van der Waals surface area contributed by atoms with Gasteiger partial charge in [-0.3, -0.25) is 0 Å².